The van der Waals surface area contributed by atoms with Crippen LogP contribution in [0.1, 0.15) is 64.5 Å². The first-order valence-electron chi connectivity index (χ1n) is 11.2. The summed E-state index contributed by atoms with van der Waals surface area (Å²) in [6.45, 7) is 2.14. The van der Waals surface area contributed by atoms with Gasteiger partial charge in [0.15, 0.2) is 17.7 Å². The monoisotopic (exact) mass is 461 g/mol. The second-order valence-corrected chi connectivity index (χ2v) is 8.62. The molecule has 1 aliphatic carbocycles. The number of terminal acetylenes is 1. The molecule has 2 aromatic rings. The number of nitrogens with zero attached hydrogens (tertiary/aromatic N) is 4. The van der Waals surface area contributed by atoms with Crippen molar-refractivity contribution < 1.29 is 28.9 Å². The second kappa shape index (κ2) is 8.52. The van der Waals surface area contributed by atoms with Crippen molar-refractivity contribution in [3.05, 3.63) is 12.7 Å². The zero-order valence-corrected chi connectivity index (χ0v) is 18.4. The first kappa shape index (κ1) is 23.4. The van der Waals surface area contributed by atoms with Crippen LogP contribution in [0.4, 0.5) is 10.2 Å². The number of ether oxygens (including phenoxy) is 2. The minimum atomic E-state index is -2.89. The van der Waals surface area contributed by atoms with Gasteiger partial charge < -0.3 is 25.4 Å². The molecule has 11 heteroatoms. The topological polar surface area (TPSA) is 146 Å². The van der Waals surface area contributed by atoms with E-state index in [2.05, 4.69) is 21.9 Å². The van der Waals surface area contributed by atoms with Crippen molar-refractivity contribution in [3.8, 4) is 12.3 Å². The molecule has 2 fully saturated rings. The Kier molecular flexibility index (Phi) is 6.03. The molecule has 1 saturated carbocycles. The van der Waals surface area contributed by atoms with Crippen LogP contribution in [0.25, 0.3) is 11.2 Å². The van der Waals surface area contributed by atoms with Crippen LogP contribution in [-0.4, -0.2) is 58.9 Å². The van der Waals surface area contributed by atoms with Crippen molar-refractivity contribution in [3.63, 3.8) is 0 Å². The molecule has 4 N–H and O–H groups in total. The van der Waals surface area contributed by atoms with Gasteiger partial charge in [0.05, 0.1) is 6.33 Å². The summed E-state index contributed by atoms with van der Waals surface area (Å²) in [6, 6.07) is 0. The van der Waals surface area contributed by atoms with Crippen LogP contribution < -0.4 is 5.73 Å². The van der Waals surface area contributed by atoms with Gasteiger partial charge in [-0.05, 0) is 6.42 Å². The summed E-state index contributed by atoms with van der Waals surface area (Å²) >= 11 is 0. The lowest BCUT2D eigenvalue weighted by Gasteiger charge is -2.30. The Labute approximate surface area is 190 Å². The highest BCUT2D eigenvalue weighted by Gasteiger charge is 2.97. The molecule has 0 spiro atoms. The number of imidazole rings is 1. The summed E-state index contributed by atoms with van der Waals surface area (Å²) in [7, 11) is 0. The van der Waals surface area contributed by atoms with Crippen LogP contribution in [0, 0.1) is 12.3 Å². The van der Waals surface area contributed by atoms with Gasteiger partial charge in [0, 0.05) is 6.42 Å². The highest BCUT2D eigenvalue weighted by atomic mass is 19.2. The number of carbonyl (C=O) groups is 1. The number of alkyl halides is 1. The van der Waals surface area contributed by atoms with E-state index in [1.165, 1.54) is 12.7 Å². The summed E-state index contributed by atoms with van der Waals surface area (Å²) in [5.41, 5.74) is 0.864. The summed E-state index contributed by atoms with van der Waals surface area (Å²) < 4.78 is 27.2. The molecular weight excluding hydrogens is 433 g/mol. The van der Waals surface area contributed by atoms with E-state index in [9.17, 15) is 15.0 Å². The fourth-order valence-corrected chi connectivity index (χ4v) is 4.48. The van der Waals surface area contributed by atoms with Crippen molar-refractivity contribution in [1.29, 1.82) is 0 Å². The molecule has 1 saturated heterocycles. The lowest BCUT2D eigenvalue weighted by Crippen LogP contribution is -2.50. The number of hydrogen-bond acceptors (Lipinski definition) is 9. The highest BCUT2D eigenvalue weighted by molar-refractivity contribution is 5.81. The lowest BCUT2D eigenvalue weighted by molar-refractivity contribution is -0.186. The fraction of sp³-hybridized carbons (Fsp3) is 0.636. The number of aromatic nitrogens is 4. The van der Waals surface area contributed by atoms with E-state index < -0.39 is 35.4 Å². The van der Waals surface area contributed by atoms with E-state index in [0.29, 0.717) is 6.42 Å². The van der Waals surface area contributed by atoms with Crippen molar-refractivity contribution in [2.75, 3.05) is 5.73 Å². The maximum absolute atomic E-state index is 15.6. The van der Waals surface area contributed by atoms with Crippen molar-refractivity contribution in [2.45, 2.75) is 87.7 Å². The number of rotatable bonds is 10. The molecule has 33 heavy (non-hydrogen) atoms. The maximum Gasteiger partial charge on any atom is 0.306 e. The normalized spacial score (nSPS) is 32.5. The molecule has 3 heterocycles. The fourth-order valence-electron chi connectivity index (χ4n) is 4.48. The van der Waals surface area contributed by atoms with Crippen LogP contribution in [0.15, 0.2) is 12.7 Å². The Morgan fingerprint density at radius 1 is 1.27 bits per heavy atom. The number of carbonyl (C=O) groups excluding carboxylic acids is 1. The zero-order valence-electron chi connectivity index (χ0n) is 18.4. The van der Waals surface area contributed by atoms with Gasteiger partial charge in [0.25, 0.3) is 5.85 Å². The van der Waals surface area contributed by atoms with Crippen molar-refractivity contribution in [1.82, 2.24) is 19.5 Å². The molecule has 0 amide bonds. The van der Waals surface area contributed by atoms with Crippen LogP contribution in [0.3, 0.4) is 0 Å². The number of anilines is 1. The van der Waals surface area contributed by atoms with Gasteiger partial charge in [-0.3, -0.25) is 9.36 Å². The predicted molar refractivity (Wildman–Crippen MR) is 115 cm³/mol. The van der Waals surface area contributed by atoms with Gasteiger partial charge in [-0.1, -0.05) is 51.4 Å². The van der Waals surface area contributed by atoms with Crippen LogP contribution in [0.2, 0.25) is 0 Å². The third-order valence-corrected chi connectivity index (χ3v) is 6.47. The molecule has 0 radical (unpaired) electrons. The molecule has 10 nitrogen and oxygen atoms in total. The maximum atomic E-state index is 15.6. The minimum Gasteiger partial charge on any atom is -0.453 e. The van der Waals surface area contributed by atoms with E-state index in [1.807, 2.05) is 5.92 Å². The van der Waals surface area contributed by atoms with Crippen LogP contribution in [-0.2, 0) is 14.3 Å². The molecular formula is C22H28FN5O5. The van der Waals surface area contributed by atoms with Gasteiger partial charge >= 0.3 is 5.97 Å². The number of nitrogens with two attached hydrogens (primary N) is 1. The molecule has 5 atom stereocenters. The number of unbranched alkanes of at least 4 members (excludes halogenated alkanes) is 6. The van der Waals surface area contributed by atoms with E-state index in [0.717, 1.165) is 43.0 Å². The second-order valence-electron chi connectivity index (χ2n) is 8.62. The molecule has 2 aromatic heterocycles. The average molecular weight is 461 g/mol. The van der Waals surface area contributed by atoms with Gasteiger partial charge in [-0.15, -0.1) is 6.42 Å². The molecule has 0 bridgehead atoms. The van der Waals surface area contributed by atoms with Gasteiger partial charge in [-0.25, -0.2) is 19.3 Å². The summed E-state index contributed by atoms with van der Waals surface area (Å²) in [5, 5.41) is 22.1. The van der Waals surface area contributed by atoms with E-state index >= 15 is 4.39 Å². The minimum absolute atomic E-state index is 0.0662. The van der Waals surface area contributed by atoms with Gasteiger partial charge in [0.1, 0.15) is 11.8 Å². The van der Waals surface area contributed by atoms with Crippen LogP contribution >= 0.6 is 0 Å². The number of fused-ring (bicyclic) bond motifs is 2. The highest BCUT2D eigenvalue weighted by Crippen LogP contribution is 2.69. The first-order valence-corrected chi connectivity index (χ1v) is 11.2. The third kappa shape index (κ3) is 3.44. The van der Waals surface area contributed by atoms with E-state index in [1.54, 1.807) is 0 Å². The Balaban J connectivity index is 1.43. The molecule has 1 aliphatic heterocycles. The summed E-state index contributed by atoms with van der Waals surface area (Å²) in [5.74, 6) is -1.49. The number of nitrogen functional groups attached to an aromatic ring is 1. The standard InChI is InChI=1S/C22H28FN5O5/c1-3-5-6-7-8-9-10-11-14(29)32-18-21(31)20(30,4-2)19(33-22(18,21)23)28-13-27-15-16(24)25-12-26-17(15)28/h2,12-13,18-19,30-31H,3,5-11H2,1H3,(H2,24,25,26)/t18?,19-,20+,21+,22-/m1/s1. The van der Waals surface area contributed by atoms with Gasteiger partial charge in [-0.2, -0.15) is 0 Å². The van der Waals surface area contributed by atoms with Gasteiger partial charge in [0.2, 0.25) is 17.3 Å². The molecule has 178 valence electrons. The molecule has 1 unspecified atom stereocenters. The smallest absolute Gasteiger partial charge is 0.306 e. The number of halogens is 1. The predicted octanol–water partition coefficient (Wildman–Crippen LogP) is 1.76. The SMILES string of the molecule is C#C[C@]1(O)[C@H](n2cnc3c(N)ncnc32)O[C@]2(F)C(OC(=O)CCCCCCCCC)[C@@]21O. The number of hydrogen-bond donors (Lipinski definition) is 3. The number of esters is 1. The Hall–Kier alpha value is -2.81. The van der Waals surface area contributed by atoms with Crippen LogP contribution in [0.5, 0.6) is 0 Å². The average Bonchev–Trinajstić information content (AvgIpc) is 3.09. The Morgan fingerprint density at radius 2 is 1.97 bits per heavy atom. The largest absolute Gasteiger partial charge is 0.453 e. The first-order chi connectivity index (χ1) is 15.7. The molecule has 2 aliphatic rings. The number of aliphatic hydroxyl groups is 2. The van der Waals surface area contributed by atoms with Crippen molar-refractivity contribution in [2.24, 2.45) is 0 Å². The zero-order chi connectivity index (χ0) is 23.9. The Bertz CT molecular complexity index is 1090. The summed E-state index contributed by atoms with van der Waals surface area (Å²) in [6.07, 6.45) is 11.6. The third-order valence-electron chi connectivity index (χ3n) is 6.47. The molecule has 0 aromatic carbocycles. The quantitative estimate of drug-likeness (QED) is 0.274. The Morgan fingerprint density at radius 3 is 2.67 bits per heavy atom. The lowest BCUT2D eigenvalue weighted by atomic mass is 9.93. The van der Waals surface area contributed by atoms with E-state index in [-0.39, 0.29) is 23.4 Å². The van der Waals surface area contributed by atoms with E-state index in [4.69, 9.17) is 21.6 Å². The van der Waals surface area contributed by atoms with Crippen molar-refractivity contribution >= 4 is 23.0 Å². The molecule has 4 rings (SSSR count). The summed E-state index contributed by atoms with van der Waals surface area (Å²) in [4.78, 5) is 24.1.